The number of ether oxygens (including phenoxy) is 3. The third-order valence-electron chi connectivity index (χ3n) is 4.53. The molecule has 1 heterocycles. The highest BCUT2D eigenvalue weighted by atomic mass is 16.7. The average molecular weight is 392 g/mol. The van der Waals surface area contributed by atoms with E-state index in [0.29, 0.717) is 0 Å². The van der Waals surface area contributed by atoms with Crippen molar-refractivity contribution in [3.05, 3.63) is 12.3 Å². The predicted octanol–water partition coefficient (Wildman–Crippen LogP) is 0.445. The number of rotatable bonds is 14. The van der Waals surface area contributed by atoms with Crippen LogP contribution >= 0.6 is 0 Å². The molecule has 6 atom stereocenters. The lowest BCUT2D eigenvalue weighted by Gasteiger charge is -2.39. The van der Waals surface area contributed by atoms with E-state index in [0.717, 1.165) is 12.8 Å². The smallest absolute Gasteiger partial charge is 0.184 e. The summed E-state index contributed by atoms with van der Waals surface area (Å²) in [6.45, 7) is 1.46. The van der Waals surface area contributed by atoms with Crippen molar-refractivity contribution in [2.45, 2.75) is 88.7 Å². The first kappa shape index (κ1) is 24.3. The molecule has 1 aliphatic rings. The maximum absolute atomic E-state index is 9.94. The molecule has 1 fully saturated rings. The first-order valence-electron chi connectivity index (χ1n) is 9.88. The van der Waals surface area contributed by atoms with E-state index in [4.69, 9.17) is 19.3 Å². The van der Waals surface area contributed by atoms with Gasteiger partial charge in [0.1, 0.15) is 37.1 Å². The Bertz CT molecular complexity index is 392. The van der Waals surface area contributed by atoms with Gasteiger partial charge in [0.05, 0.1) is 19.5 Å². The summed E-state index contributed by atoms with van der Waals surface area (Å²) in [6.07, 6.45) is 4.21. The summed E-state index contributed by atoms with van der Waals surface area (Å²) >= 11 is 0. The molecule has 0 aromatic rings. The number of unbranched alkanes of at least 4 members (excludes halogenated alkanes) is 6. The van der Waals surface area contributed by atoms with Gasteiger partial charge in [0.25, 0.3) is 0 Å². The molecule has 160 valence electrons. The molecule has 0 aliphatic carbocycles. The lowest BCUT2D eigenvalue weighted by molar-refractivity contribution is -0.299. The Labute approximate surface area is 161 Å². The summed E-state index contributed by atoms with van der Waals surface area (Å²) in [4.78, 5) is 0. The monoisotopic (exact) mass is 392 g/mol. The minimum absolute atomic E-state index is 0.00852. The summed E-state index contributed by atoms with van der Waals surface area (Å²) < 4.78 is 15.5. The van der Waals surface area contributed by atoms with Crippen LogP contribution in [0.3, 0.4) is 0 Å². The van der Waals surface area contributed by atoms with Gasteiger partial charge in [-0.1, -0.05) is 39.0 Å². The number of hydrogen-bond donors (Lipinski definition) is 5. The molecule has 1 unspecified atom stereocenters. The molecule has 8 nitrogen and oxygen atoms in total. The van der Waals surface area contributed by atoms with Gasteiger partial charge in [-0.2, -0.15) is 0 Å². The highest BCUT2D eigenvalue weighted by Gasteiger charge is 2.44. The molecule has 5 N–H and O–H groups in total. The van der Waals surface area contributed by atoms with Crippen molar-refractivity contribution in [2.24, 2.45) is 0 Å². The molecule has 0 aromatic heterocycles. The summed E-state index contributed by atoms with van der Waals surface area (Å²) in [5, 5.41) is 48.4. The van der Waals surface area contributed by atoms with Gasteiger partial charge < -0.3 is 39.7 Å². The Morgan fingerprint density at radius 2 is 1.70 bits per heavy atom. The Hall–Kier alpha value is -0.740. The summed E-state index contributed by atoms with van der Waals surface area (Å²) in [5.74, 6) is 0. The van der Waals surface area contributed by atoms with Crippen molar-refractivity contribution >= 4 is 0 Å². The molecule has 1 aliphatic heterocycles. The number of aliphatic hydroxyl groups is 5. The maximum atomic E-state index is 9.94. The van der Waals surface area contributed by atoms with Crippen molar-refractivity contribution in [1.29, 1.82) is 0 Å². The third-order valence-corrected chi connectivity index (χ3v) is 4.53. The second-order valence-electron chi connectivity index (χ2n) is 6.94. The normalized spacial score (nSPS) is 29.9. The van der Waals surface area contributed by atoms with Gasteiger partial charge in [0.2, 0.25) is 0 Å². The Morgan fingerprint density at radius 1 is 1.00 bits per heavy atom. The first-order valence-corrected chi connectivity index (χ1v) is 9.88. The Balaban J connectivity index is 2.13. The van der Waals surface area contributed by atoms with Crippen molar-refractivity contribution < 1.29 is 39.7 Å². The molecule has 0 radical (unpaired) electrons. The summed E-state index contributed by atoms with van der Waals surface area (Å²) in [7, 11) is 0. The van der Waals surface area contributed by atoms with E-state index in [-0.39, 0.29) is 13.2 Å². The highest BCUT2D eigenvalue weighted by Crippen LogP contribution is 2.22. The van der Waals surface area contributed by atoms with Crippen LogP contribution in [0, 0.1) is 0 Å². The maximum Gasteiger partial charge on any atom is 0.184 e. The molecule has 1 rings (SSSR count). The van der Waals surface area contributed by atoms with Crippen molar-refractivity contribution in [3.63, 3.8) is 0 Å². The fourth-order valence-electron chi connectivity index (χ4n) is 2.87. The molecule has 27 heavy (non-hydrogen) atoms. The van der Waals surface area contributed by atoms with Crippen LogP contribution in [-0.2, 0) is 14.2 Å². The zero-order valence-electron chi connectivity index (χ0n) is 16.2. The lowest BCUT2D eigenvalue weighted by Crippen LogP contribution is -2.59. The van der Waals surface area contributed by atoms with E-state index < -0.39 is 43.4 Å². The van der Waals surface area contributed by atoms with E-state index >= 15 is 0 Å². The molecule has 0 spiro atoms. The van der Waals surface area contributed by atoms with Crippen LogP contribution in [0.15, 0.2) is 12.3 Å². The first-order chi connectivity index (χ1) is 13.0. The van der Waals surface area contributed by atoms with E-state index in [9.17, 15) is 20.4 Å². The number of aliphatic hydroxyl groups excluding tert-OH is 5. The van der Waals surface area contributed by atoms with Gasteiger partial charge in [-0.15, -0.1) is 0 Å². The highest BCUT2D eigenvalue weighted by molar-refractivity contribution is 4.89. The second-order valence-corrected chi connectivity index (χ2v) is 6.94. The van der Waals surface area contributed by atoms with E-state index in [1.54, 1.807) is 6.26 Å². The summed E-state index contributed by atoms with van der Waals surface area (Å²) in [5.41, 5.74) is 0. The minimum atomic E-state index is -1.51. The molecule has 8 heteroatoms. The number of hydrogen-bond acceptors (Lipinski definition) is 8. The SMILES string of the molecule is CCCCCCCC/C=C/OCC(O)CO[C@@H]1[C@@H](O)[C@@H](O)[C@@H](CO)O[C@H]1O. The van der Waals surface area contributed by atoms with Crippen LogP contribution in [-0.4, -0.2) is 82.2 Å². The molecule has 0 aromatic carbocycles. The van der Waals surface area contributed by atoms with Gasteiger partial charge >= 0.3 is 0 Å². The Kier molecular flexibility index (Phi) is 12.9. The van der Waals surface area contributed by atoms with E-state index in [1.165, 1.54) is 32.1 Å². The quantitative estimate of drug-likeness (QED) is 0.213. The molecule has 0 saturated carbocycles. The van der Waals surface area contributed by atoms with Crippen LogP contribution in [0.1, 0.15) is 51.9 Å². The fraction of sp³-hybridized carbons (Fsp3) is 0.895. The topological polar surface area (TPSA) is 129 Å². The Morgan fingerprint density at radius 3 is 2.41 bits per heavy atom. The molecule has 1 saturated heterocycles. The van der Waals surface area contributed by atoms with Crippen LogP contribution in [0.4, 0.5) is 0 Å². The van der Waals surface area contributed by atoms with Gasteiger partial charge in [-0.3, -0.25) is 0 Å². The molecule has 0 amide bonds. The number of allylic oxidation sites excluding steroid dienone is 1. The lowest BCUT2D eigenvalue weighted by atomic mass is 9.99. The van der Waals surface area contributed by atoms with Crippen LogP contribution in [0.2, 0.25) is 0 Å². The van der Waals surface area contributed by atoms with Crippen LogP contribution in [0.5, 0.6) is 0 Å². The van der Waals surface area contributed by atoms with Crippen LogP contribution < -0.4 is 0 Å². The largest absolute Gasteiger partial charge is 0.499 e. The zero-order chi connectivity index (χ0) is 20.1. The van der Waals surface area contributed by atoms with Crippen molar-refractivity contribution in [1.82, 2.24) is 0 Å². The predicted molar refractivity (Wildman–Crippen MR) is 98.8 cm³/mol. The van der Waals surface area contributed by atoms with E-state index in [1.807, 2.05) is 6.08 Å². The van der Waals surface area contributed by atoms with Gasteiger partial charge in [0, 0.05) is 0 Å². The van der Waals surface area contributed by atoms with Crippen molar-refractivity contribution in [3.8, 4) is 0 Å². The van der Waals surface area contributed by atoms with Crippen LogP contribution in [0.25, 0.3) is 0 Å². The fourth-order valence-corrected chi connectivity index (χ4v) is 2.87. The average Bonchev–Trinajstić information content (AvgIpc) is 2.66. The molecular formula is C19H36O8. The van der Waals surface area contributed by atoms with Crippen molar-refractivity contribution in [2.75, 3.05) is 19.8 Å². The summed E-state index contributed by atoms with van der Waals surface area (Å²) in [6, 6.07) is 0. The van der Waals surface area contributed by atoms with Gasteiger partial charge in [-0.05, 0) is 18.9 Å². The standard InChI is InChI=1S/C19H36O8/c1-2-3-4-5-6-7-8-9-10-25-12-14(21)13-26-18-17(23)16(22)15(11-20)27-19(18)24/h9-10,14-24H,2-8,11-13H2,1H3/b10-9+/t14?,15-,16+,17+,18-,19-/m1/s1. The molecular weight excluding hydrogens is 356 g/mol. The van der Waals surface area contributed by atoms with Gasteiger partial charge in [-0.25, -0.2) is 0 Å². The molecule has 0 bridgehead atoms. The minimum Gasteiger partial charge on any atom is -0.499 e. The van der Waals surface area contributed by atoms with E-state index in [2.05, 4.69) is 6.92 Å². The van der Waals surface area contributed by atoms with Gasteiger partial charge in [0.15, 0.2) is 6.29 Å². The second kappa shape index (κ2) is 14.3. The third kappa shape index (κ3) is 9.34. The zero-order valence-corrected chi connectivity index (χ0v) is 16.2.